The van der Waals surface area contributed by atoms with Gasteiger partial charge in [-0.25, -0.2) is 4.79 Å². The lowest BCUT2D eigenvalue weighted by atomic mass is 10.3. The fourth-order valence-corrected chi connectivity index (χ4v) is 1.12. The van der Waals surface area contributed by atoms with Crippen molar-refractivity contribution >= 4 is 5.97 Å². The largest absolute Gasteiger partial charge is 0.464 e. The number of rotatable bonds is 2. The summed E-state index contributed by atoms with van der Waals surface area (Å²) in [5.74, 6) is -0.284. The van der Waals surface area contributed by atoms with Gasteiger partial charge in [-0.05, 0) is 26.0 Å². The van der Waals surface area contributed by atoms with E-state index in [0.29, 0.717) is 5.69 Å². The van der Waals surface area contributed by atoms with Gasteiger partial charge in [-0.3, -0.25) is 0 Å². The van der Waals surface area contributed by atoms with Crippen LogP contribution in [0.15, 0.2) is 18.3 Å². The standard InChI is InChI=1S/C9H13NO2/c1-7(2)10-6-4-5-8(10)9(11)12-3/h4-7H,1-3H3. The summed E-state index contributed by atoms with van der Waals surface area (Å²) in [5.41, 5.74) is 0.604. The van der Waals surface area contributed by atoms with Crippen LogP contribution in [0.1, 0.15) is 30.4 Å². The highest BCUT2D eigenvalue weighted by atomic mass is 16.5. The second kappa shape index (κ2) is 3.43. The Morgan fingerprint density at radius 3 is 2.75 bits per heavy atom. The Morgan fingerprint density at radius 2 is 2.25 bits per heavy atom. The number of ether oxygens (including phenoxy) is 1. The van der Waals surface area contributed by atoms with E-state index in [1.54, 1.807) is 6.07 Å². The molecule has 3 heteroatoms. The maximum atomic E-state index is 11.2. The molecular weight excluding hydrogens is 154 g/mol. The highest BCUT2D eigenvalue weighted by Gasteiger charge is 2.11. The molecule has 0 amide bonds. The molecule has 1 heterocycles. The van der Waals surface area contributed by atoms with Crippen molar-refractivity contribution in [1.29, 1.82) is 0 Å². The lowest BCUT2D eigenvalue weighted by Gasteiger charge is -2.10. The van der Waals surface area contributed by atoms with Gasteiger partial charge in [0.15, 0.2) is 0 Å². The van der Waals surface area contributed by atoms with Crippen LogP contribution in [0, 0.1) is 0 Å². The third kappa shape index (κ3) is 1.49. The Bertz CT molecular complexity index is 276. The molecule has 0 aliphatic heterocycles. The first kappa shape index (κ1) is 8.84. The van der Waals surface area contributed by atoms with Gasteiger partial charge in [0.25, 0.3) is 0 Å². The molecule has 0 aliphatic rings. The predicted molar refractivity (Wildman–Crippen MR) is 46.2 cm³/mol. The zero-order valence-electron chi connectivity index (χ0n) is 7.57. The smallest absolute Gasteiger partial charge is 0.354 e. The van der Waals surface area contributed by atoms with Crippen molar-refractivity contribution < 1.29 is 9.53 Å². The van der Waals surface area contributed by atoms with E-state index >= 15 is 0 Å². The van der Waals surface area contributed by atoms with Crippen LogP contribution in [-0.4, -0.2) is 17.6 Å². The first-order valence-electron chi connectivity index (χ1n) is 3.92. The lowest BCUT2D eigenvalue weighted by Crippen LogP contribution is -2.11. The van der Waals surface area contributed by atoms with E-state index in [4.69, 9.17) is 0 Å². The Kier molecular flexibility index (Phi) is 2.53. The Balaban J connectivity index is 2.99. The molecule has 1 aromatic rings. The van der Waals surface area contributed by atoms with Crippen LogP contribution < -0.4 is 0 Å². The average molecular weight is 167 g/mol. The fraction of sp³-hybridized carbons (Fsp3) is 0.444. The third-order valence-corrected chi connectivity index (χ3v) is 1.73. The molecule has 1 rings (SSSR count). The van der Waals surface area contributed by atoms with E-state index in [-0.39, 0.29) is 12.0 Å². The van der Waals surface area contributed by atoms with Crippen molar-refractivity contribution in [2.75, 3.05) is 7.11 Å². The molecule has 0 N–H and O–H groups in total. The van der Waals surface area contributed by atoms with Gasteiger partial charge in [-0.15, -0.1) is 0 Å². The molecule has 12 heavy (non-hydrogen) atoms. The zero-order valence-corrected chi connectivity index (χ0v) is 7.57. The van der Waals surface area contributed by atoms with Gasteiger partial charge in [-0.2, -0.15) is 0 Å². The molecule has 0 aromatic carbocycles. The minimum Gasteiger partial charge on any atom is -0.464 e. The van der Waals surface area contributed by atoms with Crippen LogP contribution in [0.5, 0.6) is 0 Å². The fourth-order valence-electron chi connectivity index (χ4n) is 1.12. The number of esters is 1. The molecule has 0 atom stereocenters. The molecule has 0 aliphatic carbocycles. The van der Waals surface area contributed by atoms with E-state index in [1.165, 1.54) is 7.11 Å². The van der Waals surface area contributed by atoms with E-state index in [1.807, 2.05) is 30.7 Å². The van der Waals surface area contributed by atoms with Crippen LogP contribution in [-0.2, 0) is 4.74 Å². The normalized spacial score (nSPS) is 10.3. The van der Waals surface area contributed by atoms with E-state index in [2.05, 4.69) is 4.74 Å². The molecule has 1 aromatic heterocycles. The van der Waals surface area contributed by atoms with Gasteiger partial charge < -0.3 is 9.30 Å². The summed E-state index contributed by atoms with van der Waals surface area (Å²) >= 11 is 0. The molecule has 0 radical (unpaired) electrons. The maximum Gasteiger partial charge on any atom is 0.354 e. The van der Waals surface area contributed by atoms with Crippen LogP contribution in [0.2, 0.25) is 0 Å². The van der Waals surface area contributed by atoms with Gasteiger partial charge in [0, 0.05) is 12.2 Å². The summed E-state index contributed by atoms with van der Waals surface area (Å²) in [4.78, 5) is 11.2. The second-order valence-corrected chi connectivity index (χ2v) is 2.89. The molecule has 0 saturated carbocycles. The average Bonchev–Trinajstić information content (AvgIpc) is 2.50. The first-order valence-corrected chi connectivity index (χ1v) is 3.92. The number of aromatic nitrogens is 1. The SMILES string of the molecule is COC(=O)c1cccn1C(C)C. The van der Waals surface area contributed by atoms with E-state index in [9.17, 15) is 4.79 Å². The highest BCUT2D eigenvalue weighted by Crippen LogP contribution is 2.11. The van der Waals surface area contributed by atoms with E-state index in [0.717, 1.165) is 0 Å². The van der Waals surface area contributed by atoms with Crippen molar-refractivity contribution in [3.8, 4) is 0 Å². The number of hydrogen-bond acceptors (Lipinski definition) is 2. The topological polar surface area (TPSA) is 31.2 Å². The van der Waals surface area contributed by atoms with Crippen LogP contribution in [0.3, 0.4) is 0 Å². The van der Waals surface area contributed by atoms with Crippen molar-refractivity contribution in [3.63, 3.8) is 0 Å². The van der Waals surface area contributed by atoms with Crippen molar-refractivity contribution in [2.24, 2.45) is 0 Å². The lowest BCUT2D eigenvalue weighted by molar-refractivity contribution is 0.0587. The summed E-state index contributed by atoms with van der Waals surface area (Å²) in [6.45, 7) is 4.04. The molecule has 0 unspecified atom stereocenters. The number of nitrogens with zero attached hydrogens (tertiary/aromatic N) is 1. The first-order chi connectivity index (χ1) is 5.66. The Labute approximate surface area is 72.0 Å². The van der Waals surface area contributed by atoms with Crippen molar-refractivity contribution in [1.82, 2.24) is 4.57 Å². The van der Waals surface area contributed by atoms with Crippen LogP contribution in [0.4, 0.5) is 0 Å². The zero-order chi connectivity index (χ0) is 9.14. The molecule has 0 fully saturated rings. The van der Waals surface area contributed by atoms with Gasteiger partial charge in [0.05, 0.1) is 7.11 Å². The van der Waals surface area contributed by atoms with Crippen molar-refractivity contribution in [2.45, 2.75) is 19.9 Å². The van der Waals surface area contributed by atoms with Crippen molar-refractivity contribution in [3.05, 3.63) is 24.0 Å². The number of carbonyl (C=O) groups is 1. The third-order valence-electron chi connectivity index (χ3n) is 1.73. The van der Waals surface area contributed by atoms with Crippen LogP contribution in [0.25, 0.3) is 0 Å². The molecule has 66 valence electrons. The number of carbonyl (C=O) groups excluding carboxylic acids is 1. The molecule has 0 spiro atoms. The van der Waals surface area contributed by atoms with Gasteiger partial charge >= 0.3 is 5.97 Å². The monoisotopic (exact) mass is 167 g/mol. The quantitative estimate of drug-likeness (QED) is 0.629. The highest BCUT2D eigenvalue weighted by molar-refractivity contribution is 5.87. The molecule has 0 saturated heterocycles. The Morgan fingerprint density at radius 1 is 1.58 bits per heavy atom. The molecule has 0 bridgehead atoms. The summed E-state index contributed by atoms with van der Waals surface area (Å²) in [7, 11) is 1.39. The second-order valence-electron chi connectivity index (χ2n) is 2.89. The summed E-state index contributed by atoms with van der Waals surface area (Å²) in [5, 5.41) is 0. The summed E-state index contributed by atoms with van der Waals surface area (Å²) in [6.07, 6.45) is 1.87. The van der Waals surface area contributed by atoms with Crippen LogP contribution >= 0.6 is 0 Å². The predicted octanol–water partition coefficient (Wildman–Crippen LogP) is 1.86. The minimum atomic E-state index is -0.284. The summed E-state index contributed by atoms with van der Waals surface area (Å²) < 4.78 is 6.51. The van der Waals surface area contributed by atoms with Gasteiger partial charge in [0.1, 0.15) is 5.69 Å². The molecule has 3 nitrogen and oxygen atoms in total. The number of hydrogen-bond donors (Lipinski definition) is 0. The number of methoxy groups -OCH3 is 1. The molecular formula is C9H13NO2. The maximum absolute atomic E-state index is 11.2. The Hall–Kier alpha value is -1.25. The minimum absolute atomic E-state index is 0.284. The van der Waals surface area contributed by atoms with E-state index < -0.39 is 0 Å². The van der Waals surface area contributed by atoms with Gasteiger partial charge in [-0.1, -0.05) is 0 Å². The summed E-state index contributed by atoms with van der Waals surface area (Å²) in [6, 6.07) is 3.88. The van der Waals surface area contributed by atoms with Gasteiger partial charge in [0.2, 0.25) is 0 Å².